The number of hydrogen-bond acceptors (Lipinski definition) is 6. The monoisotopic (exact) mass is 349 g/mol. The third-order valence-corrected chi connectivity index (χ3v) is 6.06. The third kappa shape index (κ3) is 4.47. The molecule has 1 aliphatic rings. The van der Waals surface area contributed by atoms with E-state index >= 15 is 0 Å². The van der Waals surface area contributed by atoms with Gasteiger partial charge in [-0.05, 0) is 18.4 Å². The van der Waals surface area contributed by atoms with Gasteiger partial charge >= 0.3 is 0 Å². The highest BCUT2D eigenvalue weighted by atomic mass is 32.2. The van der Waals surface area contributed by atoms with Crippen molar-refractivity contribution in [3.8, 4) is 0 Å². The Balaban J connectivity index is 1.39. The van der Waals surface area contributed by atoms with E-state index in [1.165, 1.54) is 11.3 Å². The van der Waals surface area contributed by atoms with Crippen molar-refractivity contribution in [1.82, 2.24) is 9.88 Å². The Bertz CT molecular complexity index is 609. The van der Waals surface area contributed by atoms with Crippen LogP contribution in [0.2, 0.25) is 0 Å². The van der Waals surface area contributed by atoms with Gasteiger partial charge in [0.15, 0.2) is 5.13 Å². The van der Waals surface area contributed by atoms with Crippen molar-refractivity contribution >= 4 is 28.2 Å². The molecule has 0 spiro atoms. The van der Waals surface area contributed by atoms with Crippen LogP contribution in [-0.4, -0.2) is 40.4 Å². The number of nitrogens with two attached hydrogens (primary N) is 1. The fourth-order valence-corrected chi connectivity index (χ4v) is 4.50. The van der Waals surface area contributed by atoms with Crippen LogP contribution in [0.3, 0.4) is 0 Å². The zero-order valence-corrected chi connectivity index (χ0v) is 14.8. The molecule has 6 heteroatoms. The zero-order valence-electron chi connectivity index (χ0n) is 13.1. The first kappa shape index (κ1) is 16.8. The molecular weight excluding hydrogens is 326 g/mol. The Morgan fingerprint density at radius 1 is 1.26 bits per heavy atom. The summed E-state index contributed by atoms with van der Waals surface area (Å²) in [5.74, 6) is 2.01. The number of aliphatic hydroxyl groups is 1. The van der Waals surface area contributed by atoms with E-state index in [2.05, 4.69) is 9.88 Å². The summed E-state index contributed by atoms with van der Waals surface area (Å²) in [6, 6.07) is 10.1. The third-order valence-electron chi connectivity index (χ3n) is 4.37. The maximum atomic E-state index is 10.8. The van der Waals surface area contributed by atoms with E-state index in [9.17, 15) is 5.11 Å². The van der Waals surface area contributed by atoms with Gasteiger partial charge in [-0.2, -0.15) is 11.8 Å². The normalized spacial score (nSPS) is 18.1. The van der Waals surface area contributed by atoms with Crippen molar-refractivity contribution in [3.05, 3.63) is 47.0 Å². The molecule has 0 unspecified atom stereocenters. The minimum absolute atomic E-state index is 0.650. The molecule has 1 fully saturated rings. The van der Waals surface area contributed by atoms with Gasteiger partial charge in [-0.3, -0.25) is 0 Å². The predicted octanol–water partition coefficient (Wildman–Crippen LogP) is 2.94. The van der Waals surface area contributed by atoms with Crippen molar-refractivity contribution < 1.29 is 5.11 Å². The fourth-order valence-electron chi connectivity index (χ4n) is 2.94. The van der Waals surface area contributed by atoms with Gasteiger partial charge in [0.05, 0.1) is 11.3 Å². The number of thiazole rings is 1. The average Bonchev–Trinajstić information content (AvgIpc) is 3.00. The first-order chi connectivity index (χ1) is 11.2. The largest absolute Gasteiger partial charge is 0.385 e. The summed E-state index contributed by atoms with van der Waals surface area (Å²) in [7, 11) is 0. The summed E-state index contributed by atoms with van der Waals surface area (Å²) in [5.41, 5.74) is 7.12. The molecule has 1 aliphatic heterocycles. The SMILES string of the molecule is Nc1nc(CSCCN2CCC(O)(c3ccccc3)CC2)cs1. The smallest absolute Gasteiger partial charge is 0.180 e. The zero-order chi connectivity index (χ0) is 16.1. The summed E-state index contributed by atoms with van der Waals surface area (Å²) < 4.78 is 0. The number of nitrogen functional groups attached to an aromatic ring is 1. The lowest BCUT2D eigenvalue weighted by Gasteiger charge is -2.38. The van der Waals surface area contributed by atoms with Crippen molar-refractivity contribution in [2.45, 2.75) is 24.2 Å². The molecule has 1 aromatic carbocycles. The lowest BCUT2D eigenvalue weighted by Crippen LogP contribution is -2.43. The molecule has 23 heavy (non-hydrogen) atoms. The number of aromatic nitrogens is 1. The van der Waals surface area contributed by atoms with E-state index in [1.54, 1.807) is 0 Å². The van der Waals surface area contributed by atoms with E-state index in [0.29, 0.717) is 5.13 Å². The second kappa shape index (κ2) is 7.66. The summed E-state index contributed by atoms with van der Waals surface area (Å²) >= 11 is 3.40. The molecule has 0 aliphatic carbocycles. The summed E-state index contributed by atoms with van der Waals surface area (Å²) in [4.78, 5) is 6.72. The van der Waals surface area contributed by atoms with Gasteiger partial charge < -0.3 is 15.7 Å². The second-order valence-corrected chi connectivity index (χ2v) is 7.96. The molecule has 2 aromatic rings. The number of likely N-dealkylation sites (tertiary alicyclic amines) is 1. The van der Waals surface area contributed by atoms with Gasteiger partial charge in [-0.15, -0.1) is 11.3 Å². The van der Waals surface area contributed by atoms with Crippen LogP contribution in [0, 0.1) is 0 Å². The van der Waals surface area contributed by atoms with Crippen LogP contribution in [0.4, 0.5) is 5.13 Å². The van der Waals surface area contributed by atoms with Crippen LogP contribution in [0.5, 0.6) is 0 Å². The Morgan fingerprint density at radius 2 is 2.00 bits per heavy atom. The highest BCUT2D eigenvalue weighted by Crippen LogP contribution is 2.32. The number of hydrogen-bond donors (Lipinski definition) is 2. The highest BCUT2D eigenvalue weighted by molar-refractivity contribution is 7.98. The van der Waals surface area contributed by atoms with Gasteiger partial charge in [0.1, 0.15) is 0 Å². The maximum Gasteiger partial charge on any atom is 0.180 e. The molecule has 1 aromatic heterocycles. The second-order valence-electron chi connectivity index (χ2n) is 5.97. The topological polar surface area (TPSA) is 62.4 Å². The van der Waals surface area contributed by atoms with E-state index in [-0.39, 0.29) is 0 Å². The molecule has 0 amide bonds. The molecule has 3 N–H and O–H groups in total. The van der Waals surface area contributed by atoms with E-state index < -0.39 is 5.60 Å². The van der Waals surface area contributed by atoms with Gasteiger partial charge in [0, 0.05) is 36.5 Å². The molecule has 2 heterocycles. The summed E-state index contributed by atoms with van der Waals surface area (Å²) in [6.07, 6.45) is 1.62. The van der Waals surface area contributed by atoms with Crippen LogP contribution in [0.15, 0.2) is 35.7 Å². The first-order valence-corrected chi connectivity index (χ1v) is 9.97. The maximum absolute atomic E-state index is 10.8. The Labute approximate surface area is 145 Å². The predicted molar refractivity (Wildman–Crippen MR) is 98.7 cm³/mol. The molecule has 1 saturated heterocycles. The molecule has 3 rings (SSSR count). The average molecular weight is 350 g/mol. The van der Waals surface area contributed by atoms with Gasteiger partial charge in [0.2, 0.25) is 0 Å². The standard InChI is InChI=1S/C17H23N3OS2/c18-16-19-15(13-23-16)12-22-11-10-20-8-6-17(21,7-9-20)14-4-2-1-3-5-14/h1-5,13,21H,6-12H2,(H2,18,19). The van der Waals surface area contributed by atoms with Gasteiger partial charge in [-0.25, -0.2) is 4.98 Å². The van der Waals surface area contributed by atoms with Crippen LogP contribution in [0.25, 0.3) is 0 Å². The molecule has 0 atom stereocenters. The number of thioether (sulfide) groups is 1. The van der Waals surface area contributed by atoms with E-state index in [0.717, 1.165) is 55.2 Å². The van der Waals surface area contributed by atoms with Crippen molar-refractivity contribution in [2.24, 2.45) is 0 Å². The Hall–Kier alpha value is -1.08. The lowest BCUT2D eigenvalue weighted by atomic mass is 9.84. The highest BCUT2D eigenvalue weighted by Gasteiger charge is 2.33. The fraction of sp³-hybridized carbons (Fsp3) is 0.471. The van der Waals surface area contributed by atoms with Crippen LogP contribution in [0.1, 0.15) is 24.1 Å². The number of rotatable bonds is 6. The molecule has 0 saturated carbocycles. The molecule has 0 bridgehead atoms. The first-order valence-electron chi connectivity index (χ1n) is 7.94. The summed E-state index contributed by atoms with van der Waals surface area (Å²) in [5, 5.41) is 13.5. The molecule has 4 nitrogen and oxygen atoms in total. The number of piperidine rings is 1. The number of nitrogens with zero attached hydrogens (tertiary/aromatic N) is 2. The van der Waals surface area contributed by atoms with E-state index in [1.807, 2.05) is 47.5 Å². The Kier molecular flexibility index (Phi) is 5.58. The minimum atomic E-state index is -0.650. The van der Waals surface area contributed by atoms with Crippen molar-refractivity contribution in [3.63, 3.8) is 0 Å². The van der Waals surface area contributed by atoms with Crippen LogP contribution in [-0.2, 0) is 11.4 Å². The van der Waals surface area contributed by atoms with Gasteiger partial charge in [-0.1, -0.05) is 30.3 Å². The number of anilines is 1. The van der Waals surface area contributed by atoms with Crippen LogP contribution >= 0.6 is 23.1 Å². The lowest BCUT2D eigenvalue weighted by molar-refractivity contribution is -0.0244. The number of benzene rings is 1. The Morgan fingerprint density at radius 3 is 2.65 bits per heavy atom. The van der Waals surface area contributed by atoms with Gasteiger partial charge in [0.25, 0.3) is 0 Å². The molecule has 124 valence electrons. The molecule has 0 radical (unpaired) electrons. The summed E-state index contributed by atoms with van der Waals surface area (Å²) in [6.45, 7) is 2.97. The van der Waals surface area contributed by atoms with Crippen molar-refractivity contribution in [2.75, 3.05) is 31.1 Å². The quantitative estimate of drug-likeness (QED) is 0.785. The van der Waals surface area contributed by atoms with Crippen LogP contribution < -0.4 is 5.73 Å². The molecular formula is C17H23N3OS2. The minimum Gasteiger partial charge on any atom is -0.385 e. The van der Waals surface area contributed by atoms with Crippen molar-refractivity contribution in [1.29, 1.82) is 0 Å². The van der Waals surface area contributed by atoms with E-state index in [4.69, 9.17) is 5.73 Å².